The lowest BCUT2D eigenvalue weighted by Crippen LogP contribution is -2.68. The molecule has 0 saturated carbocycles. The molecule has 0 unspecified atom stereocenters. The Morgan fingerprint density at radius 3 is 2.48 bits per heavy atom. The number of hydrogen-bond acceptors (Lipinski definition) is 9. The fraction of sp³-hybridized carbons (Fsp3) is 0.464. The highest BCUT2D eigenvalue weighted by Gasteiger charge is 2.35. The van der Waals surface area contributed by atoms with Gasteiger partial charge in [-0.15, -0.1) is 0 Å². The van der Waals surface area contributed by atoms with Crippen LogP contribution in [0, 0.1) is 17.1 Å². The molecule has 3 N–H and O–H groups in total. The van der Waals surface area contributed by atoms with Crippen LogP contribution >= 0.6 is 11.3 Å². The van der Waals surface area contributed by atoms with Crippen molar-refractivity contribution < 1.29 is 4.39 Å². The van der Waals surface area contributed by atoms with E-state index in [1.54, 1.807) is 18.3 Å². The Labute approximate surface area is 240 Å². The van der Waals surface area contributed by atoms with E-state index in [4.69, 9.17) is 4.98 Å². The van der Waals surface area contributed by atoms with Gasteiger partial charge < -0.3 is 25.3 Å². The molecule has 2 aromatic rings. The third-order valence-corrected chi connectivity index (χ3v) is 7.99. The largest absolute Gasteiger partial charge is 0.370 e. The molecule has 2 aliphatic heterocycles. The van der Waals surface area contributed by atoms with Crippen LogP contribution in [0.25, 0.3) is 11.3 Å². The lowest BCUT2D eigenvalue weighted by atomic mass is 10.0. The number of likely N-dealkylation sites (tertiary alicyclic amines) is 2. The first kappa shape index (κ1) is 29.3. The molecule has 0 atom stereocenters. The van der Waals surface area contributed by atoms with Crippen molar-refractivity contribution in [1.82, 2.24) is 35.9 Å². The van der Waals surface area contributed by atoms with Gasteiger partial charge in [-0.2, -0.15) is 5.26 Å². The van der Waals surface area contributed by atoms with E-state index in [-0.39, 0.29) is 5.82 Å². The first-order valence-electron chi connectivity index (χ1n) is 13.5. The van der Waals surface area contributed by atoms with Crippen molar-refractivity contribution in [3.8, 4) is 17.3 Å². The molecule has 2 fully saturated rings. The highest BCUT2D eigenvalue weighted by molar-refractivity contribution is 7.16. The maximum absolute atomic E-state index is 13.5. The van der Waals surface area contributed by atoms with Gasteiger partial charge in [0.15, 0.2) is 5.13 Å². The summed E-state index contributed by atoms with van der Waals surface area (Å²) in [6, 6.07) is 9.30. The summed E-state index contributed by atoms with van der Waals surface area (Å²) in [5.74, 6) is 1.31. The molecular formula is C28H39FN10S. The van der Waals surface area contributed by atoms with Gasteiger partial charge in [-0.3, -0.25) is 10.4 Å². The molecule has 4 rings (SSSR count). The number of thiazole rings is 1. The number of likely N-dealkylation sites (N-methyl/N-ethyl adjacent to an activating group) is 1. The Kier molecular flexibility index (Phi) is 9.63. The molecule has 0 aliphatic carbocycles. The van der Waals surface area contributed by atoms with Gasteiger partial charge in [-0.1, -0.05) is 24.8 Å². The molecule has 0 amide bonds. The van der Waals surface area contributed by atoms with E-state index in [0.29, 0.717) is 46.3 Å². The van der Waals surface area contributed by atoms with E-state index >= 15 is 0 Å². The fourth-order valence-corrected chi connectivity index (χ4v) is 5.77. The van der Waals surface area contributed by atoms with E-state index in [1.165, 1.54) is 23.5 Å². The molecule has 1 aromatic carbocycles. The number of hydrogen-bond donors (Lipinski definition) is 3. The maximum Gasteiger partial charge on any atom is 0.220 e. The van der Waals surface area contributed by atoms with E-state index in [2.05, 4.69) is 57.5 Å². The van der Waals surface area contributed by atoms with E-state index < -0.39 is 0 Å². The van der Waals surface area contributed by atoms with Crippen LogP contribution in [-0.4, -0.2) is 91.7 Å². The SMILES string of the molecule is C=CN=C(N1CC(NC2CN(C)C2)C1)N(C)N/C(CC)=C(\NCC)N(C)c1nc(-c2ccc(F)cc2)c(C#N)s1. The normalized spacial score (nSPS) is 16.9. The van der Waals surface area contributed by atoms with E-state index in [0.717, 1.165) is 43.7 Å². The number of halogens is 1. The summed E-state index contributed by atoms with van der Waals surface area (Å²) in [5.41, 5.74) is 5.71. The number of aromatic nitrogens is 1. The number of guanidine groups is 1. The van der Waals surface area contributed by atoms with Crippen LogP contribution in [-0.2, 0) is 0 Å². The lowest BCUT2D eigenvalue weighted by molar-refractivity contribution is 0.108. The second kappa shape index (κ2) is 13.1. The van der Waals surface area contributed by atoms with Crippen molar-refractivity contribution in [2.75, 3.05) is 58.8 Å². The number of nitrogens with zero attached hydrogens (tertiary/aromatic N) is 7. The molecule has 3 heterocycles. The molecule has 0 bridgehead atoms. The van der Waals surface area contributed by atoms with Crippen molar-refractivity contribution in [3.63, 3.8) is 0 Å². The number of nitriles is 1. The molecule has 2 aliphatic rings. The third kappa shape index (κ3) is 6.55. The van der Waals surface area contributed by atoms with Crippen LogP contribution in [0.3, 0.4) is 0 Å². The highest BCUT2D eigenvalue weighted by Crippen LogP contribution is 2.33. The Hall–Kier alpha value is -3.66. The third-order valence-electron chi connectivity index (χ3n) is 6.95. The van der Waals surface area contributed by atoms with Crippen LogP contribution in [0.5, 0.6) is 0 Å². The van der Waals surface area contributed by atoms with Crippen LogP contribution in [0.15, 0.2) is 53.6 Å². The summed E-state index contributed by atoms with van der Waals surface area (Å²) in [4.78, 5) is 16.3. The zero-order valence-corrected chi connectivity index (χ0v) is 24.7. The van der Waals surface area contributed by atoms with Gasteiger partial charge in [-0.25, -0.2) is 14.4 Å². The highest BCUT2D eigenvalue weighted by atomic mass is 32.1. The van der Waals surface area contributed by atoms with Gasteiger partial charge in [0, 0.05) is 70.7 Å². The maximum atomic E-state index is 13.5. The quantitative estimate of drug-likeness (QED) is 0.215. The number of hydrazine groups is 1. The van der Waals surface area contributed by atoms with Gasteiger partial charge in [0.2, 0.25) is 5.96 Å². The number of aliphatic imine (C=N–C) groups is 1. The molecule has 0 radical (unpaired) electrons. The summed E-state index contributed by atoms with van der Waals surface area (Å²) in [7, 11) is 6.01. The predicted molar refractivity (Wildman–Crippen MR) is 160 cm³/mol. The predicted octanol–water partition coefficient (Wildman–Crippen LogP) is 2.97. The van der Waals surface area contributed by atoms with Crippen LogP contribution < -0.4 is 21.0 Å². The smallest absolute Gasteiger partial charge is 0.220 e. The molecule has 40 heavy (non-hydrogen) atoms. The summed E-state index contributed by atoms with van der Waals surface area (Å²) >= 11 is 1.30. The molecule has 214 valence electrons. The van der Waals surface area contributed by atoms with Crippen LogP contribution in [0.1, 0.15) is 25.1 Å². The number of nitrogens with one attached hydrogen (secondary N) is 3. The van der Waals surface area contributed by atoms with E-state index in [1.807, 2.05) is 30.9 Å². The molecule has 1 aromatic heterocycles. The number of allylic oxidation sites excluding steroid dienone is 1. The number of rotatable bonds is 11. The van der Waals surface area contributed by atoms with Crippen LogP contribution in [0.2, 0.25) is 0 Å². The molecular weight excluding hydrogens is 527 g/mol. The first-order chi connectivity index (χ1) is 19.3. The summed E-state index contributed by atoms with van der Waals surface area (Å²) in [5, 5.41) is 19.5. The lowest BCUT2D eigenvalue weighted by Gasteiger charge is -2.47. The topological polar surface area (TPSA) is 98.1 Å². The fourth-order valence-electron chi connectivity index (χ4n) is 4.92. The van der Waals surface area contributed by atoms with Gasteiger partial charge in [0.05, 0.1) is 5.70 Å². The van der Waals surface area contributed by atoms with Gasteiger partial charge in [0.1, 0.15) is 28.3 Å². The van der Waals surface area contributed by atoms with Crippen molar-refractivity contribution in [2.45, 2.75) is 32.4 Å². The van der Waals surface area contributed by atoms with Gasteiger partial charge >= 0.3 is 0 Å². The minimum Gasteiger partial charge on any atom is -0.370 e. The zero-order valence-electron chi connectivity index (χ0n) is 23.9. The summed E-state index contributed by atoms with van der Waals surface area (Å²) < 4.78 is 13.5. The number of anilines is 1. The van der Waals surface area contributed by atoms with Crippen molar-refractivity contribution >= 4 is 22.4 Å². The van der Waals surface area contributed by atoms with E-state index in [9.17, 15) is 9.65 Å². The second-order valence-electron chi connectivity index (χ2n) is 10.0. The summed E-state index contributed by atoms with van der Waals surface area (Å²) in [6.07, 6.45) is 2.27. The Balaban J connectivity index is 1.52. The molecule has 12 heteroatoms. The van der Waals surface area contributed by atoms with Crippen molar-refractivity contribution in [1.29, 1.82) is 5.26 Å². The standard InChI is InChI=1S/C28H39FN10S/c1-7-23(35-38(6)27(32-9-3)39-17-22(18-39)33-21-15-36(4)16-21)26(31-8-2)37(5)28-34-25(24(14-30)40-28)19-10-12-20(29)13-11-19/h9-13,21-22,31,33,35H,3,7-8,15-18H2,1-2,4-6H3/b26-23+,32-27?. The average Bonchev–Trinajstić information content (AvgIpc) is 3.34. The second-order valence-corrected chi connectivity index (χ2v) is 11.0. The monoisotopic (exact) mass is 566 g/mol. The Morgan fingerprint density at radius 2 is 1.90 bits per heavy atom. The zero-order chi connectivity index (χ0) is 28.8. The minimum absolute atomic E-state index is 0.328. The van der Waals surface area contributed by atoms with Gasteiger partial charge in [0.25, 0.3) is 0 Å². The van der Waals surface area contributed by atoms with Crippen molar-refractivity contribution in [3.05, 3.63) is 59.3 Å². The molecule has 10 nitrogen and oxygen atoms in total. The average molecular weight is 567 g/mol. The number of benzene rings is 1. The minimum atomic E-state index is -0.328. The van der Waals surface area contributed by atoms with Gasteiger partial charge in [-0.05, 0) is 44.7 Å². The Morgan fingerprint density at radius 1 is 1.23 bits per heavy atom. The Bertz CT molecular complexity index is 1270. The molecule has 2 saturated heterocycles. The first-order valence-corrected chi connectivity index (χ1v) is 14.4. The summed E-state index contributed by atoms with van der Waals surface area (Å²) in [6.45, 7) is 12.6. The molecule has 0 spiro atoms. The van der Waals surface area contributed by atoms with Crippen LogP contribution in [0.4, 0.5) is 9.52 Å². The van der Waals surface area contributed by atoms with Crippen molar-refractivity contribution in [2.24, 2.45) is 4.99 Å².